The number of halogens is 2. The highest BCUT2D eigenvalue weighted by Gasteiger charge is 2.33. The highest BCUT2D eigenvalue weighted by molar-refractivity contribution is 7.13. The van der Waals surface area contributed by atoms with Crippen LogP contribution in [0.3, 0.4) is 0 Å². The predicted octanol–water partition coefficient (Wildman–Crippen LogP) is 5.14. The Morgan fingerprint density at radius 3 is 2.84 bits per heavy atom. The highest BCUT2D eigenvalue weighted by Crippen LogP contribution is 2.33. The molecule has 0 N–H and O–H groups in total. The van der Waals surface area contributed by atoms with Crippen LogP contribution in [0.5, 0.6) is 11.5 Å². The van der Waals surface area contributed by atoms with Gasteiger partial charge in [0.05, 0.1) is 25.0 Å². The monoisotopic (exact) mass is 448 g/mol. The molecule has 9 heteroatoms. The van der Waals surface area contributed by atoms with E-state index in [0.717, 1.165) is 23.4 Å². The molecule has 0 unspecified atom stereocenters. The molecule has 0 saturated heterocycles. The van der Waals surface area contributed by atoms with Crippen molar-refractivity contribution in [3.05, 3.63) is 53.2 Å². The van der Waals surface area contributed by atoms with E-state index in [0.29, 0.717) is 24.6 Å². The molecule has 0 radical (unpaired) electrons. The lowest BCUT2D eigenvalue weighted by atomic mass is 10.1. The van der Waals surface area contributed by atoms with Crippen LogP contribution in [0.2, 0.25) is 0 Å². The Bertz CT molecular complexity index is 1020. The van der Waals surface area contributed by atoms with Gasteiger partial charge in [-0.25, -0.2) is 4.98 Å². The van der Waals surface area contributed by atoms with Gasteiger partial charge in [0.15, 0.2) is 22.3 Å². The number of benzene rings is 1. The van der Waals surface area contributed by atoms with Crippen LogP contribution in [0.15, 0.2) is 46.4 Å². The predicted molar refractivity (Wildman–Crippen MR) is 111 cm³/mol. The van der Waals surface area contributed by atoms with Crippen molar-refractivity contribution >= 4 is 17.2 Å². The van der Waals surface area contributed by atoms with E-state index >= 15 is 0 Å². The second-order valence-electron chi connectivity index (χ2n) is 7.14. The summed E-state index contributed by atoms with van der Waals surface area (Å²) < 4.78 is 40.6. The van der Waals surface area contributed by atoms with Crippen LogP contribution in [-0.2, 0) is 17.8 Å². The molecule has 1 aliphatic carbocycles. The van der Waals surface area contributed by atoms with Gasteiger partial charge in [0.25, 0.3) is 0 Å². The number of amides is 1. The number of aromatic nitrogens is 1. The summed E-state index contributed by atoms with van der Waals surface area (Å²) in [7, 11) is 0. The van der Waals surface area contributed by atoms with Crippen molar-refractivity contribution in [2.75, 3.05) is 6.61 Å². The van der Waals surface area contributed by atoms with Crippen molar-refractivity contribution in [3.8, 4) is 22.3 Å². The second kappa shape index (κ2) is 9.47. The van der Waals surface area contributed by atoms with Crippen LogP contribution in [-0.4, -0.2) is 35.1 Å². The largest absolute Gasteiger partial charge is 0.490 e. The molecule has 0 bridgehead atoms. The second-order valence-corrected chi connectivity index (χ2v) is 8.00. The zero-order chi connectivity index (χ0) is 21.8. The fourth-order valence-electron chi connectivity index (χ4n) is 3.27. The van der Waals surface area contributed by atoms with E-state index in [1.165, 1.54) is 17.4 Å². The molecule has 2 heterocycles. The molecular formula is C22H22F2N2O4S. The smallest absolute Gasteiger partial charge is 0.387 e. The van der Waals surface area contributed by atoms with E-state index in [1.807, 2.05) is 16.3 Å². The molecule has 6 nitrogen and oxygen atoms in total. The quantitative estimate of drug-likeness (QED) is 0.430. The third-order valence-electron chi connectivity index (χ3n) is 4.80. The summed E-state index contributed by atoms with van der Waals surface area (Å²) in [5.74, 6) is 0.880. The van der Waals surface area contributed by atoms with E-state index in [1.54, 1.807) is 31.4 Å². The molecule has 1 fully saturated rings. The van der Waals surface area contributed by atoms with E-state index in [9.17, 15) is 13.6 Å². The topological polar surface area (TPSA) is 64.8 Å². The Labute approximate surface area is 182 Å². The normalized spacial score (nSPS) is 13.4. The van der Waals surface area contributed by atoms with Crippen LogP contribution >= 0.6 is 11.3 Å². The van der Waals surface area contributed by atoms with Gasteiger partial charge in [-0.1, -0.05) is 6.07 Å². The van der Waals surface area contributed by atoms with Gasteiger partial charge >= 0.3 is 6.61 Å². The standard InChI is InChI=1S/C22H22F2N2O4S/c1-2-28-19-10-14(5-8-17(19)30-22(23)24)12-26(16-6-7-16)20(27)11-15-13-31-21(25-15)18-4-3-9-29-18/h3-5,8-10,13,16,22H,2,6-7,11-12H2,1H3. The van der Waals surface area contributed by atoms with Crippen molar-refractivity contribution in [3.63, 3.8) is 0 Å². The number of ether oxygens (including phenoxy) is 2. The van der Waals surface area contributed by atoms with Crippen LogP contribution in [0, 0.1) is 0 Å². The van der Waals surface area contributed by atoms with Gasteiger partial charge in [0.1, 0.15) is 0 Å². The molecule has 1 aromatic carbocycles. The summed E-state index contributed by atoms with van der Waals surface area (Å²) in [6, 6.07) is 8.60. The molecule has 1 saturated carbocycles. The average molecular weight is 448 g/mol. The first-order chi connectivity index (χ1) is 15.0. The zero-order valence-electron chi connectivity index (χ0n) is 16.9. The van der Waals surface area contributed by atoms with Gasteiger partial charge in [0, 0.05) is 18.0 Å². The number of furan rings is 1. The maximum absolute atomic E-state index is 13.0. The maximum Gasteiger partial charge on any atom is 0.387 e. The lowest BCUT2D eigenvalue weighted by Gasteiger charge is -2.23. The summed E-state index contributed by atoms with van der Waals surface area (Å²) in [4.78, 5) is 19.4. The number of hydrogen-bond donors (Lipinski definition) is 0. The van der Waals surface area contributed by atoms with Crippen molar-refractivity contribution in [1.82, 2.24) is 9.88 Å². The number of carbonyl (C=O) groups is 1. The highest BCUT2D eigenvalue weighted by atomic mass is 32.1. The van der Waals surface area contributed by atoms with Gasteiger partial charge in [-0.15, -0.1) is 11.3 Å². The number of hydrogen-bond acceptors (Lipinski definition) is 6. The summed E-state index contributed by atoms with van der Waals surface area (Å²) in [5, 5.41) is 2.60. The third-order valence-corrected chi connectivity index (χ3v) is 5.71. The Kier molecular flexibility index (Phi) is 6.50. The van der Waals surface area contributed by atoms with Crippen LogP contribution in [0.1, 0.15) is 31.0 Å². The molecule has 31 heavy (non-hydrogen) atoms. The lowest BCUT2D eigenvalue weighted by molar-refractivity contribution is -0.131. The van der Waals surface area contributed by atoms with E-state index in [4.69, 9.17) is 9.15 Å². The fraction of sp³-hybridized carbons (Fsp3) is 0.364. The minimum atomic E-state index is -2.93. The molecule has 164 valence electrons. The molecule has 1 amide bonds. The van der Waals surface area contributed by atoms with E-state index in [-0.39, 0.29) is 29.9 Å². The van der Waals surface area contributed by atoms with E-state index < -0.39 is 6.61 Å². The summed E-state index contributed by atoms with van der Waals surface area (Å²) >= 11 is 1.44. The van der Waals surface area contributed by atoms with Crippen LogP contribution in [0.25, 0.3) is 10.8 Å². The first kappa shape index (κ1) is 21.3. The van der Waals surface area contributed by atoms with Crippen molar-refractivity contribution in [2.45, 2.75) is 45.4 Å². The minimum absolute atomic E-state index is 0.0159. The third kappa shape index (κ3) is 5.41. The molecule has 1 aliphatic rings. The molecular weight excluding hydrogens is 426 g/mol. The van der Waals surface area contributed by atoms with Gasteiger partial charge in [-0.2, -0.15) is 8.78 Å². The first-order valence-corrected chi connectivity index (χ1v) is 10.9. The summed E-state index contributed by atoms with van der Waals surface area (Å²) in [6.45, 7) is -0.480. The average Bonchev–Trinajstić information content (AvgIpc) is 3.22. The van der Waals surface area contributed by atoms with E-state index in [2.05, 4.69) is 9.72 Å². The Morgan fingerprint density at radius 1 is 1.32 bits per heavy atom. The Balaban J connectivity index is 1.46. The molecule has 4 rings (SSSR count). The molecule has 0 atom stereocenters. The number of rotatable bonds is 10. The van der Waals surface area contributed by atoms with Crippen molar-refractivity contribution < 1.29 is 27.5 Å². The molecule has 0 aliphatic heterocycles. The van der Waals surface area contributed by atoms with Crippen molar-refractivity contribution in [1.29, 1.82) is 0 Å². The number of nitrogens with zero attached hydrogens (tertiary/aromatic N) is 2. The van der Waals surface area contributed by atoms with Crippen molar-refractivity contribution in [2.24, 2.45) is 0 Å². The molecule has 0 spiro atoms. The summed E-state index contributed by atoms with van der Waals surface area (Å²) in [6.07, 6.45) is 3.68. The number of carbonyl (C=O) groups excluding carboxylic acids is 1. The van der Waals surface area contributed by atoms with Gasteiger partial charge in [-0.05, 0) is 49.6 Å². The fourth-order valence-corrected chi connectivity index (χ4v) is 4.06. The number of thiazole rings is 1. The first-order valence-electron chi connectivity index (χ1n) is 10.0. The minimum Gasteiger partial charge on any atom is -0.490 e. The molecule has 3 aromatic rings. The number of alkyl halides is 2. The van der Waals surface area contributed by atoms with Gasteiger partial charge in [0.2, 0.25) is 5.91 Å². The van der Waals surface area contributed by atoms with Gasteiger partial charge < -0.3 is 18.8 Å². The lowest BCUT2D eigenvalue weighted by Crippen LogP contribution is -2.33. The summed E-state index contributed by atoms with van der Waals surface area (Å²) in [5.41, 5.74) is 1.49. The Morgan fingerprint density at radius 2 is 2.16 bits per heavy atom. The Hall–Kier alpha value is -2.94. The maximum atomic E-state index is 13.0. The van der Waals surface area contributed by atoms with Gasteiger partial charge in [-0.3, -0.25) is 4.79 Å². The zero-order valence-corrected chi connectivity index (χ0v) is 17.7. The van der Waals surface area contributed by atoms with Crippen LogP contribution in [0.4, 0.5) is 8.78 Å². The SMILES string of the molecule is CCOc1cc(CN(C(=O)Cc2csc(-c3ccco3)n2)C2CC2)ccc1OC(F)F. The van der Waals surface area contributed by atoms with Crippen LogP contribution < -0.4 is 9.47 Å². The molecule has 2 aromatic heterocycles.